The summed E-state index contributed by atoms with van der Waals surface area (Å²) in [5.74, 6) is 0.129. The fourth-order valence-corrected chi connectivity index (χ4v) is 3.99. The number of methoxy groups -OCH3 is 1. The SMILES string of the molecule is COC[C@H]1C[C@@H](n2cc(C)c(=O)[nH]c2=O)[C@H]2OC[C@@]12OC(C)(C)C. The molecule has 0 amide bonds. The molecule has 1 aromatic rings. The Morgan fingerprint density at radius 2 is 2.12 bits per heavy atom. The first-order valence-electron chi connectivity index (χ1n) is 8.31. The van der Waals surface area contributed by atoms with Crippen molar-refractivity contribution in [2.75, 3.05) is 20.3 Å². The van der Waals surface area contributed by atoms with Gasteiger partial charge in [0.1, 0.15) is 11.7 Å². The van der Waals surface area contributed by atoms with E-state index in [1.807, 2.05) is 20.8 Å². The normalized spacial score (nSPS) is 32.5. The Labute approximate surface area is 140 Å². The van der Waals surface area contributed by atoms with E-state index in [2.05, 4.69) is 4.98 Å². The lowest BCUT2D eigenvalue weighted by Gasteiger charge is -2.51. The first-order chi connectivity index (χ1) is 11.2. The maximum atomic E-state index is 12.3. The highest BCUT2D eigenvalue weighted by Crippen LogP contribution is 2.53. The summed E-state index contributed by atoms with van der Waals surface area (Å²) in [5.41, 5.74) is -1.04. The number of aromatic amines is 1. The van der Waals surface area contributed by atoms with E-state index < -0.39 is 11.3 Å². The van der Waals surface area contributed by atoms with Crippen LogP contribution < -0.4 is 11.2 Å². The number of hydrogen-bond acceptors (Lipinski definition) is 5. The molecule has 0 spiro atoms. The lowest BCUT2D eigenvalue weighted by atomic mass is 9.85. The number of rotatable bonds is 4. The van der Waals surface area contributed by atoms with Crippen molar-refractivity contribution in [1.29, 1.82) is 0 Å². The van der Waals surface area contributed by atoms with Crippen molar-refractivity contribution in [2.24, 2.45) is 5.92 Å². The second kappa shape index (κ2) is 5.82. The van der Waals surface area contributed by atoms with Gasteiger partial charge in [0.25, 0.3) is 5.56 Å². The van der Waals surface area contributed by atoms with Gasteiger partial charge >= 0.3 is 5.69 Å². The fourth-order valence-electron chi connectivity index (χ4n) is 3.99. The van der Waals surface area contributed by atoms with Crippen LogP contribution in [-0.4, -0.2) is 47.2 Å². The molecule has 2 heterocycles. The van der Waals surface area contributed by atoms with Crippen LogP contribution in [0.25, 0.3) is 0 Å². The van der Waals surface area contributed by atoms with Crippen molar-refractivity contribution in [1.82, 2.24) is 9.55 Å². The Balaban J connectivity index is 1.99. The van der Waals surface area contributed by atoms with Crippen molar-refractivity contribution in [3.63, 3.8) is 0 Å². The van der Waals surface area contributed by atoms with Gasteiger partial charge in [-0.1, -0.05) is 0 Å². The van der Waals surface area contributed by atoms with E-state index in [1.54, 1.807) is 24.8 Å². The number of hydrogen-bond donors (Lipinski definition) is 1. The van der Waals surface area contributed by atoms with Crippen molar-refractivity contribution < 1.29 is 14.2 Å². The van der Waals surface area contributed by atoms with Crippen molar-refractivity contribution in [3.05, 3.63) is 32.6 Å². The number of aromatic nitrogens is 2. The third kappa shape index (κ3) is 2.74. The molecule has 3 rings (SSSR count). The van der Waals surface area contributed by atoms with Crippen LogP contribution in [-0.2, 0) is 14.2 Å². The zero-order valence-corrected chi connectivity index (χ0v) is 14.9. The Kier molecular flexibility index (Phi) is 4.22. The molecule has 7 nitrogen and oxygen atoms in total. The molecule has 7 heteroatoms. The maximum absolute atomic E-state index is 12.3. The number of nitrogens with zero attached hydrogens (tertiary/aromatic N) is 1. The molecule has 2 aliphatic rings. The Bertz CT molecular complexity index is 732. The number of nitrogens with one attached hydrogen (secondary N) is 1. The molecular formula is C17H26N2O5. The number of H-pyrrole nitrogens is 1. The van der Waals surface area contributed by atoms with Gasteiger partial charge in [0.15, 0.2) is 0 Å². The van der Waals surface area contributed by atoms with Gasteiger partial charge in [-0.3, -0.25) is 14.3 Å². The first kappa shape index (κ1) is 17.4. The zero-order valence-electron chi connectivity index (χ0n) is 14.9. The number of ether oxygens (including phenoxy) is 3. The van der Waals surface area contributed by atoms with Gasteiger partial charge in [-0.25, -0.2) is 4.79 Å². The molecule has 1 aromatic heterocycles. The Morgan fingerprint density at radius 1 is 1.42 bits per heavy atom. The van der Waals surface area contributed by atoms with Gasteiger partial charge in [-0.15, -0.1) is 0 Å². The molecule has 0 unspecified atom stereocenters. The summed E-state index contributed by atoms with van der Waals surface area (Å²) in [5, 5.41) is 0. The van der Waals surface area contributed by atoms with Crippen LogP contribution in [0, 0.1) is 12.8 Å². The van der Waals surface area contributed by atoms with Crippen LogP contribution in [0.4, 0.5) is 0 Å². The summed E-state index contributed by atoms with van der Waals surface area (Å²) in [6.07, 6.45) is 2.10. The van der Waals surface area contributed by atoms with E-state index in [0.717, 1.165) is 0 Å². The molecule has 1 aliphatic carbocycles. The average Bonchev–Trinajstić information content (AvgIpc) is 2.63. The van der Waals surface area contributed by atoms with Crippen LogP contribution in [0.5, 0.6) is 0 Å². The van der Waals surface area contributed by atoms with Gasteiger partial charge < -0.3 is 14.2 Å². The molecule has 1 N–H and O–H groups in total. The summed E-state index contributed by atoms with van der Waals surface area (Å²) < 4.78 is 19.2. The van der Waals surface area contributed by atoms with Gasteiger partial charge in [0.05, 0.1) is 24.9 Å². The van der Waals surface area contributed by atoms with Gasteiger partial charge in [0, 0.05) is 24.8 Å². The third-order valence-electron chi connectivity index (χ3n) is 4.90. The van der Waals surface area contributed by atoms with Crippen LogP contribution >= 0.6 is 0 Å². The van der Waals surface area contributed by atoms with E-state index in [1.165, 1.54) is 0 Å². The summed E-state index contributed by atoms with van der Waals surface area (Å²) >= 11 is 0. The highest BCUT2D eigenvalue weighted by molar-refractivity contribution is 5.15. The van der Waals surface area contributed by atoms with Crippen molar-refractivity contribution >= 4 is 0 Å². The molecule has 1 aliphatic heterocycles. The standard InChI is InChI=1S/C17H26N2O5/c1-10-7-19(15(21)18-14(10)20)12-6-11(8-22-5)17(9-23-13(12)17)24-16(2,3)4/h7,11-13H,6,8-9H2,1-5H3,(H,18,20,21)/t11-,12-,13-,17-/m1/s1. The van der Waals surface area contributed by atoms with Crippen LogP contribution in [0.2, 0.25) is 0 Å². The third-order valence-corrected chi connectivity index (χ3v) is 4.90. The minimum absolute atomic E-state index is 0.129. The molecule has 4 atom stereocenters. The van der Waals surface area contributed by atoms with Crippen LogP contribution in [0.15, 0.2) is 15.8 Å². The van der Waals surface area contributed by atoms with E-state index in [-0.39, 0.29) is 29.2 Å². The van der Waals surface area contributed by atoms with Gasteiger partial charge in [0.2, 0.25) is 0 Å². The Hall–Kier alpha value is -1.44. The van der Waals surface area contributed by atoms with Crippen molar-refractivity contribution in [3.8, 4) is 0 Å². The topological polar surface area (TPSA) is 82.6 Å². The predicted octanol–water partition coefficient (Wildman–Crippen LogP) is 1.01. The quantitative estimate of drug-likeness (QED) is 0.886. The molecule has 2 fully saturated rings. The molecule has 24 heavy (non-hydrogen) atoms. The van der Waals surface area contributed by atoms with E-state index in [9.17, 15) is 9.59 Å². The molecule has 0 radical (unpaired) electrons. The maximum Gasteiger partial charge on any atom is 0.328 e. The monoisotopic (exact) mass is 338 g/mol. The first-order valence-corrected chi connectivity index (χ1v) is 8.31. The molecule has 134 valence electrons. The van der Waals surface area contributed by atoms with Gasteiger partial charge in [-0.05, 0) is 34.1 Å². The summed E-state index contributed by atoms with van der Waals surface area (Å²) in [6.45, 7) is 8.79. The minimum atomic E-state index is -0.456. The number of fused-ring (bicyclic) bond motifs is 1. The second-order valence-electron chi connectivity index (χ2n) is 7.83. The molecular weight excluding hydrogens is 312 g/mol. The number of aryl methyl sites for hydroxylation is 1. The Morgan fingerprint density at radius 3 is 2.67 bits per heavy atom. The molecule has 1 saturated carbocycles. The predicted molar refractivity (Wildman–Crippen MR) is 88.4 cm³/mol. The highest BCUT2D eigenvalue weighted by Gasteiger charge is 2.65. The largest absolute Gasteiger partial charge is 0.384 e. The minimum Gasteiger partial charge on any atom is -0.384 e. The van der Waals surface area contributed by atoms with Crippen LogP contribution in [0.3, 0.4) is 0 Å². The van der Waals surface area contributed by atoms with E-state index >= 15 is 0 Å². The molecule has 0 bridgehead atoms. The smallest absolute Gasteiger partial charge is 0.328 e. The van der Waals surface area contributed by atoms with Crippen LogP contribution in [0.1, 0.15) is 38.8 Å². The molecule has 1 saturated heterocycles. The fraction of sp³-hybridized carbons (Fsp3) is 0.765. The lowest BCUT2D eigenvalue weighted by Crippen LogP contribution is -2.64. The highest BCUT2D eigenvalue weighted by atomic mass is 16.6. The zero-order chi connectivity index (χ0) is 17.7. The van der Waals surface area contributed by atoms with Gasteiger partial charge in [-0.2, -0.15) is 0 Å². The van der Waals surface area contributed by atoms with E-state index in [4.69, 9.17) is 14.2 Å². The summed E-state index contributed by atoms with van der Waals surface area (Å²) in [7, 11) is 1.67. The average molecular weight is 338 g/mol. The lowest BCUT2D eigenvalue weighted by molar-refractivity contribution is -0.302. The summed E-state index contributed by atoms with van der Waals surface area (Å²) in [4.78, 5) is 26.3. The second-order valence-corrected chi connectivity index (χ2v) is 7.83. The molecule has 0 aromatic carbocycles. The van der Waals surface area contributed by atoms with E-state index in [0.29, 0.717) is 25.2 Å². The van der Waals surface area contributed by atoms with Crippen molar-refractivity contribution in [2.45, 2.75) is 57.5 Å². The summed E-state index contributed by atoms with van der Waals surface area (Å²) in [6, 6.07) is -0.177.